The lowest BCUT2D eigenvalue weighted by Gasteiger charge is -2.21. The molecule has 1 aromatic heterocycles. The van der Waals surface area contributed by atoms with Gasteiger partial charge < -0.3 is 10.2 Å². The van der Waals surface area contributed by atoms with Crippen molar-refractivity contribution in [3.05, 3.63) is 60.2 Å². The molecule has 1 heterocycles. The van der Waals surface area contributed by atoms with Gasteiger partial charge in [-0.3, -0.25) is 4.79 Å². The standard InChI is InChI=1S/C21H24N4OS/c1-4-22-19-17-12-8-9-13-18(17)23-21(24-19)27-15(2)20(26)25(3)14-16-10-6-5-7-11-16/h5-13,15H,4,14H2,1-3H3,(H,22,23,24)/t15-/m1/s1. The first-order valence-electron chi connectivity index (χ1n) is 9.04. The van der Waals surface area contributed by atoms with E-state index in [1.807, 2.05) is 75.5 Å². The van der Waals surface area contributed by atoms with Crippen molar-refractivity contribution in [1.82, 2.24) is 14.9 Å². The Morgan fingerprint density at radius 1 is 1.11 bits per heavy atom. The van der Waals surface area contributed by atoms with E-state index in [1.165, 1.54) is 11.8 Å². The van der Waals surface area contributed by atoms with Gasteiger partial charge in [0.2, 0.25) is 5.91 Å². The van der Waals surface area contributed by atoms with Crippen molar-refractivity contribution in [2.45, 2.75) is 30.8 Å². The predicted octanol–water partition coefficient (Wildman–Crippen LogP) is 4.20. The molecule has 0 fully saturated rings. The van der Waals surface area contributed by atoms with Crippen LogP contribution in [0.2, 0.25) is 0 Å². The monoisotopic (exact) mass is 380 g/mol. The van der Waals surface area contributed by atoms with Gasteiger partial charge in [0.15, 0.2) is 5.16 Å². The molecule has 1 atom stereocenters. The molecule has 0 aliphatic carbocycles. The SMILES string of the molecule is CCNc1nc(S[C@H](C)C(=O)N(C)Cc2ccccc2)nc2ccccc12. The average Bonchev–Trinajstić information content (AvgIpc) is 2.68. The number of hydrogen-bond acceptors (Lipinski definition) is 5. The summed E-state index contributed by atoms with van der Waals surface area (Å²) in [5.74, 6) is 0.869. The van der Waals surface area contributed by atoms with E-state index in [0.717, 1.165) is 28.8 Å². The third-order valence-corrected chi connectivity index (χ3v) is 5.14. The molecule has 0 saturated carbocycles. The molecule has 0 spiro atoms. The molecule has 3 rings (SSSR count). The summed E-state index contributed by atoms with van der Waals surface area (Å²) in [7, 11) is 1.83. The summed E-state index contributed by atoms with van der Waals surface area (Å²) >= 11 is 1.39. The molecule has 6 heteroatoms. The zero-order chi connectivity index (χ0) is 19.2. The van der Waals surface area contributed by atoms with E-state index in [4.69, 9.17) is 0 Å². The number of para-hydroxylation sites is 1. The minimum Gasteiger partial charge on any atom is -0.370 e. The minimum atomic E-state index is -0.269. The fourth-order valence-corrected chi connectivity index (χ4v) is 3.76. The highest BCUT2D eigenvalue weighted by Crippen LogP contribution is 2.27. The van der Waals surface area contributed by atoms with Crippen molar-refractivity contribution in [2.75, 3.05) is 18.9 Å². The third kappa shape index (κ3) is 4.77. The second kappa shape index (κ2) is 8.86. The lowest BCUT2D eigenvalue weighted by Crippen LogP contribution is -2.32. The van der Waals surface area contributed by atoms with Crippen molar-refractivity contribution >= 4 is 34.4 Å². The molecular weight excluding hydrogens is 356 g/mol. The van der Waals surface area contributed by atoms with E-state index in [-0.39, 0.29) is 11.2 Å². The summed E-state index contributed by atoms with van der Waals surface area (Å²) in [5, 5.41) is 4.62. The topological polar surface area (TPSA) is 58.1 Å². The lowest BCUT2D eigenvalue weighted by molar-refractivity contribution is -0.129. The quantitative estimate of drug-likeness (QED) is 0.492. The molecule has 0 unspecified atom stereocenters. The van der Waals surface area contributed by atoms with E-state index in [9.17, 15) is 4.79 Å². The van der Waals surface area contributed by atoms with Crippen molar-refractivity contribution in [3.8, 4) is 0 Å². The molecule has 1 N–H and O–H groups in total. The van der Waals surface area contributed by atoms with Crippen LogP contribution in [-0.4, -0.2) is 39.6 Å². The molecule has 0 aliphatic rings. The van der Waals surface area contributed by atoms with Crippen LogP contribution in [0.1, 0.15) is 19.4 Å². The Labute approximate surface area is 164 Å². The maximum atomic E-state index is 12.8. The predicted molar refractivity (Wildman–Crippen MR) is 112 cm³/mol. The van der Waals surface area contributed by atoms with Crippen LogP contribution < -0.4 is 5.32 Å². The van der Waals surface area contributed by atoms with E-state index in [0.29, 0.717) is 11.7 Å². The van der Waals surface area contributed by atoms with Crippen LogP contribution in [0.25, 0.3) is 10.9 Å². The first-order chi connectivity index (χ1) is 13.1. The van der Waals surface area contributed by atoms with E-state index >= 15 is 0 Å². The Bertz CT molecular complexity index is 916. The highest BCUT2D eigenvalue weighted by Gasteiger charge is 2.21. The number of carbonyl (C=O) groups excluding carboxylic acids is 1. The Kier molecular flexibility index (Phi) is 6.29. The third-order valence-electron chi connectivity index (χ3n) is 4.20. The van der Waals surface area contributed by atoms with Gasteiger partial charge in [0.1, 0.15) is 5.82 Å². The van der Waals surface area contributed by atoms with Crippen LogP contribution in [0.3, 0.4) is 0 Å². The molecule has 5 nitrogen and oxygen atoms in total. The number of benzene rings is 2. The molecule has 3 aromatic rings. The minimum absolute atomic E-state index is 0.0608. The molecule has 140 valence electrons. The Morgan fingerprint density at radius 2 is 1.81 bits per heavy atom. The van der Waals surface area contributed by atoms with Gasteiger partial charge in [0.25, 0.3) is 0 Å². The Balaban J connectivity index is 1.74. The number of rotatable bonds is 7. The van der Waals surface area contributed by atoms with Crippen LogP contribution in [0.4, 0.5) is 5.82 Å². The summed E-state index contributed by atoms with van der Waals surface area (Å²) in [6.07, 6.45) is 0. The number of anilines is 1. The molecule has 0 radical (unpaired) electrons. The summed E-state index contributed by atoms with van der Waals surface area (Å²) in [5.41, 5.74) is 1.99. The van der Waals surface area contributed by atoms with Crippen molar-refractivity contribution in [2.24, 2.45) is 0 Å². The fourth-order valence-electron chi connectivity index (χ4n) is 2.86. The fraction of sp³-hybridized carbons (Fsp3) is 0.286. The molecule has 0 saturated heterocycles. The van der Waals surface area contributed by atoms with Crippen molar-refractivity contribution < 1.29 is 4.79 Å². The smallest absolute Gasteiger partial charge is 0.235 e. The first-order valence-corrected chi connectivity index (χ1v) is 9.92. The maximum absolute atomic E-state index is 12.8. The number of carbonyl (C=O) groups is 1. The summed E-state index contributed by atoms with van der Waals surface area (Å²) in [4.78, 5) is 23.8. The highest BCUT2D eigenvalue weighted by molar-refractivity contribution is 8.00. The number of hydrogen-bond donors (Lipinski definition) is 1. The van der Waals surface area contributed by atoms with Gasteiger partial charge in [0, 0.05) is 25.5 Å². The number of thioether (sulfide) groups is 1. The molecule has 0 aliphatic heterocycles. The number of nitrogens with zero attached hydrogens (tertiary/aromatic N) is 3. The zero-order valence-corrected chi connectivity index (χ0v) is 16.7. The number of amides is 1. The van der Waals surface area contributed by atoms with Crippen LogP contribution in [0.5, 0.6) is 0 Å². The lowest BCUT2D eigenvalue weighted by atomic mass is 10.2. The second-order valence-corrected chi connectivity index (χ2v) is 7.65. The van der Waals surface area contributed by atoms with Gasteiger partial charge in [0.05, 0.1) is 10.8 Å². The van der Waals surface area contributed by atoms with Gasteiger partial charge >= 0.3 is 0 Å². The van der Waals surface area contributed by atoms with E-state index in [1.54, 1.807) is 4.90 Å². The second-order valence-electron chi connectivity index (χ2n) is 6.34. The molecule has 27 heavy (non-hydrogen) atoms. The van der Waals surface area contributed by atoms with Crippen molar-refractivity contribution in [1.29, 1.82) is 0 Å². The van der Waals surface area contributed by atoms with E-state index < -0.39 is 0 Å². The van der Waals surface area contributed by atoms with Gasteiger partial charge in [-0.05, 0) is 31.5 Å². The molecule has 2 aromatic carbocycles. The zero-order valence-electron chi connectivity index (χ0n) is 15.8. The first kappa shape index (κ1) is 19.2. The van der Waals surface area contributed by atoms with Crippen LogP contribution in [0, 0.1) is 0 Å². The number of aromatic nitrogens is 2. The normalized spacial score (nSPS) is 12.0. The largest absolute Gasteiger partial charge is 0.370 e. The summed E-state index contributed by atoms with van der Waals surface area (Å²) in [6, 6.07) is 17.9. The average molecular weight is 381 g/mol. The Morgan fingerprint density at radius 3 is 2.56 bits per heavy atom. The van der Waals surface area contributed by atoms with Crippen LogP contribution in [-0.2, 0) is 11.3 Å². The van der Waals surface area contributed by atoms with Gasteiger partial charge in [-0.2, -0.15) is 0 Å². The van der Waals surface area contributed by atoms with Gasteiger partial charge in [-0.1, -0.05) is 54.2 Å². The van der Waals surface area contributed by atoms with E-state index in [2.05, 4.69) is 15.3 Å². The van der Waals surface area contributed by atoms with Gasteiger partial charge in [-0.15, -0.1) is 0 Å². The van der Waals surface area contributed by atoms with Crippen LogP contribution in [0.15, 0.2) is 59.8 Å². The van der Waals surface area contributed by atoms with Crippen molar-refractivity contribution in [3.63, 3.8) is 0 Å². The maximum Gasteiger partial charge on any atom is 0.235 e. The highest BCUT2D eigenvalue weighted by atomic mass is 32.2. The van der Waals surface area contributed by atoms with Crippen LogP contribution >= 0.6 is 11.8 Å². The number of fused-ring (bicyclic) bond motifs is 1. The molecule has 1 amide bonds. The summed E-state index contributed by atoms with van der Waals surface area (Å²) in [6.45, 7) is 5.31. The number of nitrogens with one attached hydrogen (secondary N) is 1. The molecular formula is C21H24N4OS. The molecule has 0 bridgehead atoms. The summed E-state index contributed by atoms with van der Waals surface area (Å²) < 4.78 is 0. The Hall–Kier alpha value is -2.60. The van der Waals surface area contributed by atoms with Gasteiger partial charge in [-0.25, -0.2) is 9.97 Å².